The first-order chi connectivity index (χ1) is 18.4. The number of carboxylic acid groups (broad SMARTS) is 1. The number of rotatable bonds is 8. The first kappa shape index (κ1) is 24.7. The van der Waals surface area contributed by atoms with Crippen LogP contribution in [0.5, 0.6) is 5.88 Å². The number of ether oxygens (including phenoxy) is 2. The zero-order chi connectivity index (χ0) is 26.2. The number of nitrogens with zero attached hydrogens (tertiary/aromatic N) is 5. The van der Waals surface area contributed by atoms with Gasteiger partial charge in [0.2, 0.25) is 5.88 Å². The molecule has 0 amide bonds. The van der Waals surface area contributed by atoms with E-state index in [9.17, 15) is 14.3 Å². The van der Waals surface area contributed by atoms with E-state index < -0.39 is 11.8 Å². The molecular weight excluding hydrogens is 513 g/mol. The van der Waals surface area contributed by atoms with Crippen LogP contribution in [-0.2, 0) is 37.4 Å². The fourth-order valence-electron chi connectivity index (χ4n) is 4.76. The van der Waals surface area contributed by atoms with Gasteiger partial charge in [-0.1, -0.05) is 23.7 Å². The zero-order valence-corrected chi connectivity index (χ0v) is 21.2. The minimum atomic E-state index is -1.07. The van der Waals surface area contributed by atoms with Gasteiger partial charge in [-0.2, -0.15) is 0 Å². The average Bonchev–Trinajstić information content (AvgIpc) is 3.21. The van der Waals surface area contributed by atoms with Gasteiger partial charge in [0, 0.05) is 36.3 Å². The lowest BCUT2D eigenvalue weighted by molar-refractivity contribution is -0.0592. The van der Waals surface area contributed by atoms with E-state index in [4.69, 9.17) is 31.0 Å². The van der Waals surface area contributed by atoms with Crippen LogP contribution in [0.15, 0.2) is 42.5 Å². The fraction of sp³-hybridized carbons (Fsp3) is 0.333. The van der Waals surface area contributed by atoms with Crippen molar-refractivity contribution in [2.45, 2.75) is 45.2 Å². The fourth-order valence-corrected chi connectivity index (χ4v) is 4.92. The summed E-state index contributed by atoms with van der Waals surface area (Å²) in [7, 11) is 0. The van der Waals surface area contributed by atoms with Crippen LogP contribution < -0.4 is 4.74 Å². The Morgan fingerprint density at radius 2 is 2.05 bits per heavy atom. The predicted molar refractivity (Wildman–Crippen MR) is 137 cm³/mol. The average molecular weight is 538 g/mol. The number of hydrogen-bond donors (Lipinski definition) is 1. The molecule has 0 aliphatic carbocycles. The lowest BCUT2D eigenvalue weighted by atomic mass is 10.1. The van der Waals surface area contributed by atoms with E-state index in [0.29, 0.717) is 47.3 Å². The number of carbonyl (C=O) groups is 1. The van der Waals surface area contributed by atoms with Crippen molar-refractivity contribution in [3.63, 3.8) is 0 Å². The van der Waals surface area contributed by atoms with E-state index in [0.717, 1.165) is 43.1 Å². The molecule has 5 heterocycles. The van der Waals surface area contributed by atoms with E-state index >= 15 is 0 Å². The van der Waals surface area contributed by atoms with Gasteiger partial charge >= 0.3 is 5.97 Å². The molecule has 0 spiro atoms. The van der Waals surface area contributed by atoms with Crippen molar-refractivity contribution in [3.8, 4) is 5.88 Å². The third-order valence-electron chi connectivity index (χ3n) is 6.94. The number of aromatic carboxylic acids is 1. The van der Waals surface area contributed by atoms with Crippen molar-refractivity contribution in [3.05, 3.63) is 81.6 Å². The summed E-state index contributed by atoms with van der Waals surface area (Å²) in [6, 6.07) is 11.5. The van der Waals surface area contributed by atoms with Gasteiger partial charge in [0.1, 0.15) is 23.8 Å². The summed E-state index contributed by atoms with van der Waals surface area (Å²) in [4.78, 5) is 27.6. The Hall–Kier alpha value is -3.60. The van der Waals surface area contributed by atoms with Crippen LogP contribution in [0.3, 0.4) is 0 Å². The maximum Gasteiger partial charge on any atom is 0.354 e. The van der Waals surface area contributed by atoms with Gasteiger partial charge in [0.25, 0.3) is 0 Å². The van der Waals surface area contributed by atoms with E-state index in [2.05, 4.69) is 9.88 Å². The van der Waals surface area contributed by atoms with Gasteiger partial charge in [0.05, 0.1) is 24.9 Å². The molecule has 0 bridgehead atoms. The van der Waals surface area contributed by atoms with Crippen molar-refractivity contribution in [2.75, 3.05) is 13.2 Å². The largest absolute Gasteiger partial charge is 0.477 e. The first-order valence-corrected chi connectivity index (χ1v) is 12.8. The van der Waals surface area contributed by atoms with Crippen molar-refractivity contribution >= 4 is 28.7 Å². The second-order valence-corrected chi connectivity index (χ2v) is 9.94. The molecule has 1 N–H and O–H groups in total. The monoisotopic (exact) mass is 537 g/mol. The molecule has 38 heavy (non-hydrogen) atoms. The summed E-state index contributed by atoms with van der Waals surface area (Å²) >= 11 is 5.84. The molecule has 1 saturated heterocycles. The highest BCUT2D eigenvalue weighted by Crippen LogP contribution is 2.25. The molecule has 11 heteroatoms. The number of benzene rings is 1. The number of pyridine rings is 2. The number of carboxylic acids is 1. The molecule has 196 valence electrons. The summed E-state index contributed by atoms with van der Waals surface area (Å²) < 4.78 is 27.5. The Labute approximate surface area is 222 Å². The van der Waals surface area contributed by atoms with Crippen molar-refractivity contribution < 1.29 is 23.8 Å². The summed E-state index contributed by atoms with van der Waals surface area (Å²) in [5, 5.41) is 9.76. The van der Waals surface area contributed by atoms with Gasteiger partial charge in [0.15, 0.2) is 11.3 Å². The van der Waals surface area contributed by atoms with Gasteiger partial charge < -0.3 is 19.1 Å². The molecule has 6 rings (SSSR count). The summed E-state index contributed by atoms with van der Waals surface area (Å²) in [6.45, 7) is 3.32. The Morgan fingerprint density at radius 3 is 2.82 bits per heavy atom. The van der Waals surface area contributed by atoms with Gasteiger partial charge in [-0.3, -0.25) is 4.90 Å². The summed E-state index contributed by atoms with van der Waals surface area (Å²) in [5.41, 5.74) is 3.66. The highest BCUT2D eigenvalue weighted by Gasteiger charge is 2.25. The maximum absolute atomic E-state index is 14.1. The van der Waals surface area contributed by atoms with E-state index in [-0.39, 0.29) is 18.4 Å². The molecule has 2 aliphatic rings. The van der Waals surface area contributed by atoms with Crippen LogP contribution >= 0.6 is 11.6 Å². The quantitative estimate of drug-likeness (QED) is 0.356. The smallest absolute Gasteiger partial charge is 0.354 e. The summed E-state index contributed by atoms with van der Waals surface area (Å²) in [6.07, 6.45) is 1.83. The Balaban J connectivity index is 1.20. The SMILES string of the molecule is O=C(O)c1ccc2nc(CN3CCc4ccc(OCc5ccc(Cl)cc5F)nc4C3)n(C[C@@H]3CCO3)c2n1. The van der Waals surface area contributed by atoms with Crippen LogP contribution in [0.25, 0.3) is 11.2 Å². The Bertz CT molecular complexity index is 1520. The van der Waals surface area contributed by atoms with Gasteiger partial charge in [-0.25, -0.2) is 24.1 Å². The molecule has 0 radical (unpaired) electrons. The first-order valence-electron chi connectivity index (χ1n) is 12.4. The number of hydrogen-bond acceptors (Lipinski definition) is 7. The lowest BCUT2D eigenvalue weighted by Crippen LogP contribution is -2.34. The standard InChI is InChI=1S/C27H25ClFN5O4/c28-18-3-1-17(20(29)11-18)15-38-25-6-2-16-7-9-33(13-23(16)31-25)14-24-30-21-4-5-22(27(35)36)32-26(21)34(24)12-19-8-10-37-19/h1-6,11,19H,7-10,12-15H2,(H,35,36)/t19-/m0/s1. The van der Waals surface area contributed by atoms with Crippen molar-refractivity contribution in [2.24, 2.45) is 0 Å². The predicted octanol–water partition coefficient (Wildman–Crippen LogP) is 4.24. The van der Waals surface area contributed by atoms with E-state index in [1.807, 2.05) is 16.7 Å². The Morgan fingerprint density at radius 1 is 1.18 bits per heavy atom. The van der Waals surface area contributed by atoms with E-state index in [1.165, 1.54) is 12.1 Å². The Kier molecular flexibility index (Phi) is 6.69. The second kappa shape index (κ2) is 10.3. The minimum Gasteiger partial charge on any atom is -0.477 e. The molecule has 9 nitrogen and oxygen atoms in total. The lowest BCUT2D eigenvalue weighted by Gasteiger charge is -2.30. The van der Waals surface area contributed by atoms with Crippen LogP contribution in [-0.4, -0.2) is 54.8 Å². The molecule has 3 aromatic heterocycles. The minimum absolute atomic E-state index is 0.0122. The zero-order valence-electron chi connectivity index (χ0n) is 20.4. The third kappa shape index (κ3) is 5.07. The molecule has 2 aliphatic heterocycles. The molecule has 0 unspecified atom stereocenters. The molecule has 4 aromatic rings. The van der Waals surface area contributed by atoms with Crippen LogP contribution in [0.4, 0.5) is 4.39 Å². The van der Waals surface area contributed by atoms with Crippen molar-refractivity contribution in [1.82, 2.24) is 24.4 Å². The normalized spacial score (nSPS) is 17.3. The van der Waals surface area contributed by atoms with Crippen LogP contribution in [0, 0.1) is 5.82 Å². The highest BCUT2D eigenvalue weighted by molar-refractivity contribution is 6.30. The molecular formula is C27H25ClFN5O4. The highest BCUT2D eigenvalue weighted by atomic mass is 35.5. The molecule has 1 aromatic carbocycles. The van der Waals surface area contributed by atoms with E-state index in [1.54, 1.807) is 18.2 Å². The van der Waals surface area contributed by atoms with Gasteiger partial charge in [-0.15, -0.1) is 0 Å². The van der Waals surface area contributed by atoms with Crippen LogP contribution in [0.2, 0.25) is 5.02 Å². The number of aromatic nitrogens is 4. The van der Waals surface area contributed by atoms with Gasteiger partial charge in [-0.05, 0) is 42.7 Å². The molecule has 1 atom stereocenters. The van der Waals surface area contributed by atoms with Crippen LogP contribution in [0.1, 0.15) is 39.6 Å². The topological polar surface area (TPSA) is 103 Å². The van der Waals surface area contributed by atoms with Crippen molar-refractivity contribution in [1.29, 1.82) is 0 Å². The second-order valence-electron chi connectivity index (χ2n) is 9.50. The maximum atomic E-state index is 14.1. The number of fused-ring (bicyclic) bond motifs is 2. The number of halogens is 2. The molecule has 0 saturated carbocycles. The number of imidazole rings is 1. The third-order valence-corrected chi connectivity index (χ3v) is 7.17. The molecule has 1 fully saturated rings. The summed E-state index contributed by atoms with van der Waals surface area (Å²) in [5.74, 6) is -0.252.